The van der Waals surface area contributed by atoms with Crippen molar-refractivity contribution in [1.82, 2.24) is 9.97 Å². The summed E-state index contributed by atoms with van der Waals surface area (Å²) in [6.07, 6.45) is 13.5. The van der Waals surface area contributed by atoms with E-state index in [1.165, 1.54) is 44.9 Å². The SMILES string of the molecule is OC(Cc1ncc[nH]1)C1CCC2CCCCC2C1. The number of imidazole rings is 1. The summed E-state index contributed by atoms with van der Waals surface area (Å²) < 4.78 is 0. The van der Waals surface area contributed by atoms with Gasteiger partial charge in [-0.15, -0.1) is 0 Å². The molecule has 1 heterocycles. The van der Waals surface area contributed by atoms with Crippen LogP contribution in [0, 0.1) is 17.8 Å². The van der Waals surface area contributed by atoms with E-state index in [4.69, 9.17) is 0 Å². The molecule has 2 fully saturated rings. The van der Waals surface area contributed by atoms with Crippen LogP contribution in [0.1, 0.15) is 50.8 Å². The molecule has 100 valence electrons. The first kappa shape index (κ1) is 12.2. The zero-order chi connectivity index (χ0) is 12.4. The Morgan fingerprint density at radius 3 is 2.83 bits per heavy atom. The van der Waals surface area contributed by atoms with Crippen LogP contribution in [0.4, 0.5) is 0 Å². The largest absolute Gasteiger partial charge is 0.392 e. The fourth-order valence-electron chi connectivity index (χ4n) is 4.03. The molecule has 3 nitrogen and oxygen atoms in total. The zero-order valence-corrected chi connectivity index (χ0v) is 11.0. The van der Waals surface area contributed by atoms with Crippen LogP contribution in [-0.2, 0) is 6.42 Å². The van der Waals surface area contributed by atoms with Gasteiger partial charge in [0.1, 0.15) is 5.82 Å². The fourth-order valence-corrected chi connectivity index (χ4v) is 4.03. The summed E-state index contributed by atoms with van der Waals surface area (Å²) in [6.45, 7) is 0. The normalized spacial score (nSPS) is 33.9. The summed E-state index contributed by atoms with van der Waals surface area (Å²) in [5.41, 5.74) is 0. The van der Waals surface area contributed by atoms with Crippen LogP contribution in [0.15, 0.2) is 12.4 Å². The quantitative estimate of drug-likeness (QED) is 0.864. The van der Waals surface area contributed by atoms with E-state index in [0.717, 1.165) is 17.7 Å². The number of H-pyrrole nitrogens is 1. The maximum atomic E-state index is 10.4. The first-order valence-corrected chi connectivity index (χ1v) is 7.49. The van der Waals surface area contributed by atoms with E-state index in [-0.39, 0.29) is 6.10 Å². The Balaban J connectivity index is 1.56. The highest BCUT2D eigenvalue weighted by molar-refractivity contribution is 4.93. The first-order valence-electron chi connectivity index (χ1n) is 7.49. The molecule has 0 bridgehead atoms. The van der Waals surface area contributed by atoms with Gasteiger partial charge in [-0.05, 0) is 37.0 Å². The van der Waals surface area contributed by atoms with E-state index >= 15 is 0 Å². The minimum absolute atomic E-state index is 0.209. The lowest BCUT2D eigenvalue weighted by Gasteiger charge is -2.40. The molecular weight excluding hydrogens is 224 g/mol. The van der Waals surface area contributed by atoms with Gasteiger partial charge in [-0.3, -0.25) is 0 Å². The number of rotatable bonds is 3. The number of aromatic nitrogens is 2. The summed E-state index contributed by atoms with van der Waals surface area (Å²) in [6, 6.07) is 0. The van der Waals surface area contributed by atoms with E-state index < -0.39 is 0 Å². The summed E-state index contributed by atoms with van der Waals surface area (Å²) in [4.78, 5) is 7.31. The number of hydrogen-bond donors (Lipinski definition) is 2. The maximum Gasteiger partial charge on any atom is 0.108 e. The minimum Gasteiger partial charge on any atom is -0.392 e. The van der Waals surface area contributed by atoms with E-state index in [0.29, 0.717) is 12.3 Å². The molecule has 1 aromatic heterocycles. The summed E-state index contributed by atoms with van der Waals surface area (Å²) >= 11 is 0. The van der Waals surface area contributed by atoms with Gasteiger partial charge in [-0.2, -0.15) is 0 Å². The lowest BCUT2D eigenvalue weighted by atomic mass is 9.66. The third-order valence-corrected chi connectivity index (χ3v) is 5.08. The van der Waals surface area contributed by atoms with Gasteiger partial charge < -0.3 is 10.1 Å². The van der Waals surface area contributed by atoms with E-state index in [2.05, 4.69) is 9.97 Å². The topological polar surface area (TPSA) is 48.9 Å². The van der Waals surface area contributed by atoms with Crippen molar-refractivity contribution >= 4 is 0 Å². The summed E-state index contributed by atoms with van der Waals surface area (Å²) in [5.74, 6) is 3.28. The first-order chi connectivity index (χ1) is 8.83. The molecule has 0 aromatic carbocycles. The van der Waals surface area contributed by atoms with Crippen molar-refractivity contribution in [3.8, 4) is 0 Å². The average Bonchev–Trinajstić information content (AvgIpc) is 2.91. The number of aliphatic hydroxyl groups is 1. The Kier molecular flexibility index (Phi) is 3.69. The number of nitrogens with one attached hydrogen (secondary N) is 1. The van der Waals surface area contributed by atoms with Crippen molar-refractivity contribution in [2.75, 3.05) is 0 Å². The number of fused-ring (bicyclic) bond motifs is 1. The Hall–Kier alpha value is -0.830. The molecule has 18 heavy (non-hydrogen) atoms. The summed E-state index contributed by atoms with van der Waals surface area (Å²) in [7, 11) is 0. The predicted molar refractivity (Wildman–Crippen MR) is 71.1 cm³/mol. The third-order valence-electron chi connectivity index (χ3n) is 5.08. The molecule has 1 aromatic rings. The lowest BCUT2D eigenvalue weighted by Crippen LogP contribution is -2.34. The van der Waals surface area contributed by atoms with Crippen LogP contribution in [0.5, 0.6) is 0 Å². The molecule has 4 atom stereocenters. The van der Waals surface area contributed by atoms with Crippen LogP contribution < -0.4 is 0 Å². The van der Waals surface area contributed by atoms with Crippen molar-refractivity contribution < 1.29 is 5.11 Å². The smallest absolute Gasteiger partial charge is 0.108 e. The van der Waals surface area contributed by atoms with Gasteiger partial charge in [0, 0.05) is 18.8 Å². The van der Waals surface area contributed by atoms with E-state index in [1.807, 2.05) is 6.20 Å². The lowest BCUT2D eigenvalue weighted by molar-refractivity contribution is 0.0351. The Bertz CT molecular complexity index is 363. The molecule has 0 aliphatic heterocycles. The molecular formula is C15H24N2O. The number of aromatic amines is 1. The predicted octanol–water partition coefficient (Wildman–Crippen LogP) is 2.92. The van der Waals surface area contributed by atoms with Gasteiger partial charge in [-0.25, -0.2) is 4.98 Å². The van der Waals surface area contributed by atoms with Gasteiger partial charge >= 0.3 is 0 Å². The van der Waals surface area contributed by atoms with Crippen LogP contribution in [0.25, 0.3) is 0 Å². The maximum absolute atomic E-state index is 10.4. The van der Waals surface area contributed by atoms with Gasteiger partial charge in [-0.1, -0.05) is 25.7 Å². The zero-order valence-electron chi connectivity index (χ0n) is 11.0. The molecule has 3 rings (SSSR count). The molecule has 0 spiro atoms. The van der Waals surface area contributed by atoms with E-state index in [9.17, 15) is 5.11 Å². The molecule has 4 unspecified atom stereocenters. The number of hydrogen-bond acceptors (Lipinski definition) is 2. The Morgan fingerprint density at radius 2 is 2.06 bits per heavy atom. The second-order valence-corrected chi connectivity index (χ2v) is 6.19. The minimum atomic E-state index is -0.209. The molecule has 0 amide bonds. The standard InChI is InChI=1S/C15H24N2O/c18-14(10-15-16-7-8-17-15)13-6-5-11-3-1-2-4-12(11)9-13/h7-8,11-14,18H,1-6,9-10H2,(H,16,17). The van der Waals surface area contributed by atoms with Crippen LogP contribution in [0.3, 0.4) is 0 Å². The second-order valence-electron chi connectivity index (χ2n) is 6.19. The van der Waals surface area contributed by atoms with Gasteiger partial charge in [0.25, 0.3) is 0 Å². The third kappa shape index (κ3) is 2.61. The van der Waals surface area contributed by atoms with E-state index in [1.54, 1.807) is 6.20 Å². The van der Waals surface area contributed by atoms with Crippen LogP contribution >= 0.6 is 0 Å². The van der Waals surface area contributed by atoms with Gasteiger partial charge in [0.15, 0.2) is 0 Å². The fraction of sp³-hybridized carbons (Fsp3) is 0.800. The average molecular weight is 248 g/mol. The molecule has 2 saturated carbocycles. The molecule has 0 saturated heterocycles. The molecule has 3 heteroatoms. The Labute approximate surface area is 109 Å². The van der Waals surface area contributed by atoms with Gasteiger partial charge in [0.05, 0.1) is 6.10 Å². The number of nitrogens with zero attached hydrogens (tertiary/aromatic N) is 1. The Morgan fingerprint density at radius 1 is 1.22 bits per heavy atom. The molecule has 2 N–H and O–H groups in total. The summed E-state index contributed by atoms with van der Waals surface area (Å²) in [5, 5.41) is 10.4. The highest BCUT2D eigenvalue weighted by Gasteiger charge is 2.34. The van der Waals surface area contributed by atoms with Crippen LogP contribution in [-0.4, -0.2) is 21.2 Å². The monoisotopic (exact) mass is 248 g/mol. The molecule has 2 aliphatic carbocycles. The second kappa shape index (κ2) is 5.43. The highest BCUT2D eigenvalue weighted by Crippen LogP contribution is 2.43. The highest BCUT2D eigenvalue weighted by atomic mass is 16.3. The van der Waals surface area contributed by atoms with Crippen molar-refractivity contribution in [3.05, 3.63) is 18.2 Å². The molecule has 2 aliphatic rings. The van der Waals surface area contributed by atoms with Crippen molar-refractivity contribution in [1.29, 1.82) is 0 Å². The molecule has 0 radical (unpaired) electrons. The van der Waals surface area contributed by atoms with Crippen molar-refractivity contribution in [3.63, 3.8) is 0 Å². The number of aliphatic hydroxyl groups excluding tert-OH is 1. The van der Waals surface area contributed by atoms with Crippen molar-refractivity contribution in [2.24, 2.45) is 17.8 Å². The van der Waals surface area contributed by atoms with Crippen molar-refractivity contribution in [2.45, 2.75) is 57.5 Å². The van der Waals surface area contributed by atoms with Crippen LogP contribution in [0.2, 0.25) is 0 Å². The van der Waals surface area contributed by atoms with Gasteiger partial charge in [0.2, 0.25) is 0 Å².